The quantitative estimate of drug-likeness (QED) is 0.537. The maximum Gasteiger partial charge on any atom is 0.416 e. The van der Waals surface area contributed by atoms with E-state index in [1.807, 2.05) is 24.3 Å². The summed E-state index contributed by atoms with van der Waals surface area (Å²) in [6.07, 6.45) is -4.46. The van der Waals surface area contributed by atoms with Crippen LogP contribution in [0.25, 0.3) is 10.4 Å². The van der Waals surface area contributed by atoms with Crippen LogP contribution in [0.5, 0.6) is 5.75 Å². The van der Waals surface area contributed by atoms with Crippen LogP contribution in [0.2, 0.25) is 0 Å². The van der Waals surface area contributed by atoms with E-state index in [0.29, 0.717) is 11.5 Å². The number of para-hydroxylation sites is 1. The highest BCUT2D eigenvalue weighted by Crippen LogP contribution is 2.42. The number of halogens is 3. The Hall–Kier alpha value is -2.80. The number of alkyl halides is 3. The molecular weight excluding hydrogens is 387 g/mol. The summed E-state index contributed by atoms with van der Waals surface area (Å²) in [5, 5.41) is 0. The monoisotopic (exact) mass is 403 g/mol. The molecule has 3 aromatic rings. The fourth-order valence-electron chi connectivity index (χ4n) is 3.23. The molecule has 0 saturated carbocycles. The Morgan fingerprint density at radius 3 is 2.68 bits per heavy atom. The summed E-state index contributed by atoms with van der Waals surface area (Å²) >= 11 is 1.34. The van der Waals surface area contributed by atoms with Gasteiger partial charge in [-0.1, -0.05) is 18.2 Å². The van der Waals surface area contributed by atoms with Crippen LogP contribution in [0.15, 0.2) is 54.6 Å². The first-order valence-corrected chi connectivity index (χ1v) is 9.54. The number of carbonyl (C=O) groups is 1. The number of nitrogens with zero attached hydrogens (tertiary/aromatic N) is 1. The van der Waals surface area contributed by atoms with Gasteiger partial charge in [0, 0.05) is 28.2 Å². The highest BCUT2D eigenvalue weighted by Gasteiger charge is 2.31. The van der Waals surface area contributed by atoms with E-state index in [9.17, 15) is 18.0 Å². The normalized spacial score (nSPS) is 12.7. The molecule has 2 heterocycles. The SMILES string of the molecule is CCN(C(=O)c1cc2c(s1)-c1ccccc1OC2)c1cccc(C(F)(F)F)c1. The molecule has 0 bridgehead atoms. The minimum absolute atomic E-state index is 0.227. The molecule has 2 aromatic carbocycles. The molecule has 0 atom stereocenters. The fourth-order valence-corrected chi connectivity index (χ4v) is 4.38. The Kier molecular flexibility index (Phi) is 4.63. The Labute approximate surface area is 164 Å². The fraction of sp³-hybridized carbons (Fsp3) is 0.190. The molecule has 0 aliphatic carbocycles. The van der Waals surface area contributed by atoms with Gasteiger partial charge in [0.15, 0.2) is 0 Å². The zero-order valence-electron chi connectivity index (χ0n) is 14.9. The molecule has 144 valence electrons. The summed E-state index contributed by atoms with van der Waals surface area (Å²) in [5.41, 5.74) is 1.29. The number of anilines is 1. The Morgan fingerprint density at radius 1 is 1.14 bits per heavy atom. The zero-order valence-corrected chi connectivity index (χ0v) is 15.7. The van der Waals surface area contributed by atoms with E-state index in [2.05, 4.69) is 0 Å². The molecular formula is C21H16F3NO2S. The van der Waals surface area contributed by atoms with Crippen molar-refractivity contribution in [3.8, 4) is 16.2 Å². The van der Waals surface area contributed by atoms with Gasteiger partial charge in [0.1, 0.15) is 12.4 Å². The predicted octanol–water partition coefficient (Wildman–Crippen LogP) is 5.99. The number of carbonyl (C=O) groups excluding carboxylic acids is 1. The lowest BCUT2D eigenvalue weighted by Crippen LogP contribution is -2.30. The van der Waals surface area contributed by atoms with Crippen molar-refractivity contribution in [1.29, 1.82) is 0 Å². The molecule has 0 unspecified atom stereocenters. The maximum atomic E-state index is 13.1. The molecule has 1 aliphatic rings. The van der Waals surface area contributed by atoms with E-state index >= 15 is 0 Å². The summed E-state index contributed by atoms with van der Waals surface area (Å²) in [6.45, 7) is 2.37. The van der Waals surface area contributed by atoms with Gasteiger partial charge in [-0.05, 0) is 43.3 Å². The van der Waals surface area contributed by atoms with Gasteiger partial charge in [0.05, 0.1) is 10.4 Å². The third-order valence-corrected chi connectivity index (χ3v) is 5.78. The van der Waals surface area contributed by atoms with Gasteiger partial charge in [-0.2, -0.15) is 13.2 Å². The van der Waals surface area contributed by atoms with Gasteiger partial charge < -0.3 is 9.64 Å². The number of thiophene rings is 1. The molecule has 3 nitrogen and oxygen atoms in total. The van der Waals surface area contributed by atoms with Crippen molar-refractivity contribution in [3.05, 3.63) is 70.6 Å². The highest BCUT2D eigenvalue weighted by atomic mass is 32.1. The van der Waals surface area contributed by atoms with Crippen molar-refractivity contribution < 1.29 is 22.7 Å². The predicted molar refractivity (Wildman–Crippen MR) is 103 cm³/mol. The second-order valence-electron chi connectivity index (χ2n) is 6.35. The van der Waals surface area contributed by atoms with Gasteiger partial charge in [0.2, 0.25) is 0 Å². The third-order valence-electron chi connectivity index (χ3n) is 4.58. The van der Waals surface area contributed by atoms with Crippen LogP contribution < -0.4 is 9.64 Å². The summed E-state index contributed by atoms with van der Waals surface area (Å²) < 4.78 is 44.8. The number of fused-ring (bicyclic) bond motifs is 3. The maximum absolute atomic E-state index is 13.1. The van der Waals surface area contributed by atoms with E-state index in [0.717, 1.165) is 33.9 Å². The molecule has 0 spiro atoms. The molecule has 0 radical (unpaired) electrons. The van der Waals surface area contributed by atoms with Crippen LogP contribution >= 0.6 is 11.3 Å². The van der Waals surface area contributed by atoms with Gasteiger partial charge in [-0.3, -0.25) is 4.79 Å². The number of ether oxygens (including phenoxy) is 1. The molecule has 0 saturated heterocycles. The van der Waals surface area contributed by atoms with Gasteiger partial charge >= 0.3 is 6.18 Å². The number of hydrogen-bond acceptors (Lipinski definition) is 3. The molecule has 7 heteroatoms. The highest BCUT2D eigenvalue weighted by molar-refractivity contribution is 7.17. The Bertz CT molecular complexity index is 1040. The van der Waals surface area contributed by atoms with Crippen LogP contribution in [0.4, 0.5) is 18.9 Å². The minimum Gasteiger partial charge on any atom is -0.488 e. The lowest BCUT2D eigenvalue weighted by molar-refractivity contribution is -0.137. The van der Waals surface area contributed by atoms with Crippen molar-refractivity contribution in [2.45, 2.75) is 19.7 Å². The molecule has 1 aromatic heterocycles. The molecule has 4 rings (SSSR count). The second-order valence-corrected chi connectivity index (χ2v) is 7.40. The topological polar surface area (TPSA) is 29.5 Å². The van der Waals surface area contributed by atoms with E-state index in [-0.39, 0.29) is 18.1 Å². The van der Waals surface area contributed by atoms with Crippen LogP contribution in [-0.2, 0) is 12.8 Å². The summed E-state index contributed by atoms with van der Waals surface area (Å²) in [4.78, 5) is 15.9. The summed E-state index contributed by atoms with van der Waals surface area (Å²) in [6, 6.07) is 14.2. The first-order valence-electron chi connectivity index (χ1n) is 8.72. The van der Waals surface area contributed by atoms with E-state index < -0.39 is 11.7 Å². The second kappa shape index (κ2) is 6.98. The Morgan fingerprint density at radius 2 is 1.93 bits per heavy atom. The Balaban J connectivity index is 1.69. The molecule has 0 N–H and O–H groups in total. The number of amides is 1. The van der Waals surface area contributed by atoms with E-state index in [1.165, 1.54) is 28.4 Å². The standard InChI is InChI=1S/C21H16F3NO2S/c1-2-25(15-7-5-6-14(11-15)21(22,23)24)20(26)18-10-13-12-27-17-9-4-3-8-16(17)19(13)28-18/h3-11H,2,12H2,1H3. The molecule has 1 aliphatic heterocycles. The average molecular weight is 403 g/mol. The van der Waals surface area contributed by atoms with Gasteiger partial charge in [-0.25, -0.2) is 0 Å². The van der Waals surface area contributed by atoms with Crippen molar-refractivity contribution in [2.75, 3.05) is 11.4 Å². The average Bonchev–Trinajstić information content (AvgIpc) is 3.13. The zero-order chi connectivity index (χ0) is 19.9. The molecule has 0 fully saturated rings. The molecule has 28 heavy (non-hydrogen) atoms. The van der Waals surface area contributed by atoms with Crippen molar-refractivity contribution in [3.63, 3.8) is 0 Å². The smallest absolute Gasteiger partial charge is 0.416 e. The lowest BCUT2D eigenvalue weighted by atomic mass is 10.1. The van der Waals surface area contributed by atoms with Crippen molar-refractivity contribution in [2.24, 2.45) is 0 Å². The van der Waals surface area contributed by atoms with E-state index in [4.69, 9.17) is 4.74 Å². The van der Waals surface area contributed by atoms with Crippen LogP contribution in [0.3, 0.4) is 0 Å². The van der Waals surface area contributed by atoms with Gasteiger partial charge in [0.25, 0.3) is 5.91 Å². The van der Waals surface area contributed by atoms with Crippen LogP contribution in [0.1, 0.15) is 27.7 Å². The van der Waals surface area contributed by atoms with Crippen LogP contribution in [-0.4, -0.2) is 12.5 Å². The largest absolute Gasteiger partial charge is 0.488 e. The number of rotatable bonds is 3. The summed E-state index contributed by atoms with van der Waals surface area (Å²) in [5.74, 6) is 0.444. The number of hydrogen-bond donors (Lipinski definition) is 0. The minimum atomic E-state index is -4.46. The summed E-state index contributed by atoms with van der Waals surface area (Å²) in [7, 11) is 0. The lowest BCUT2D eigenvalue weighted by Gasteiger charge is -2.21. The first-order chi connectivity index (χ1) is 13.4. The van der Waals surface area contributed by atoms with Crippen molar-refractivity contribution in [1.82, 2.24) is 0 Å². The molecule has 1 amide bonds. The number of benzene rings is 2. The first kappa shape index (κ1) is 18.6. The van der Waals surface area contributed by atoms with Crippen LogP contribution in [0, 0.1) is 0 Å². The third kappa shape index (κ3) is 3.26. The van der Waals surface area contributed by atoms with Crippen molar-refractivity contribution >= 4 is 22.9 Å². The van der Waals surface area contributed by atoms with Gasteiger partial charge in [-0.15, -0.1) is 11.3 Å². The van der Waals surface area contributed by atoms with E-state index in [1.54, 1.807) is 13.0 Å².